The summed E-state index contributed by atoms with van der Waals surface area (Å²) in [6.07, 6.45) is 2.38. The third-order valence-corrected chi connectivity index (χ3v) is 3.93. The van der Waals surface area contributed by atoms with Gasteiger partial charge in [-0.25, -0.2) is 4.79 Å². The quantitative estimate of drug-likeness (QED) is 0.908. The summed E-state index contributed by atoms with van der Waals surface area (Å²) in [5.74, 6) is 0. The number of nitrogens with zero attached hydrogens (tertiary/aromatic N) is 3. The maximum atomic E-state index is 11.0. The number of fused-ring (bicyclic) bond motifs is 1. The number of carboxylic acid groups (broad SMARTS) is 1. The molecule has 3 rings (SSSR count). The van der Waals surface area contributed by atoms with Gasteiger partial charge in [0, 0.05) is 50.5 Å². The van der Waals surface area contributed by atoms with Crippen LogP contribution < -0.4 is 0 Å². The second kappa shape index (κ2) is 5.26. The molecule has 0 aliphatic carbocycles. The molecule has 1 aromatic heterocycles. The van der Waals surface area contributed by atoms with Crippen LogP contribution in [0.15, 0.2) is 30.6 Å². The van der Waals surface area contributed by atoms with Crippen molar-refractivity contribution in [1.29, 1.82) is 0 Å². The van der Waals surface area contributed by atoms with E-state index in [2.05, 4.69) is 29.0 Å². The van der Waals surface area contributed by atoms with Crippen molar-refractivity contribution in [3.63, 3.8) is 0 Å². The van der Waals surface area contributed by atoms with E-state index in [1.54, 1.807) is 12.4 Å². The third-order valence-electron chi connectivity index (χ3n) is 3.93. The lowest BCUT2D eigenvalue weighted by Gasteiger charge is -2.32. The number of likely N-dealkylation sites (N-methyl/N-ethyl adjacent to an activating group) is 1. The van der Waals surface area contributed by atoms with Crippen molar-refractivity contribution in [3.8, 4) is 0 Å². The molecule has 2 heterocycles. The topological polar surface area (TPSA) is 48.7 Å². The number of aromatic nitrogens is 1. The van der Waals surface area contributed by atoms with Gasteiger partial charge in [-0.1, -0.05) is 12.1 Å². The van der Waals surface area contributed by atoms with Gasteiger partial charge in [-0.3, -0.25) is 9.47 Å². The fraction of sp³-hybridized carbons (Fsp3) is 0.400. The van der Waals surface area contributed by atoms with Gasteiger partial charge in [0.05, 0.1) is 0 Å². The average molecular weight is 273 g/mol. The second-order valence-electron chi connectivity index (χ2n) is 5.49. The molecule has 0 unspecified atom stereocenters. The SMILES string of the molecule is CN1CCN(Cc2ccc3cn(C(=O)O)cc3c2)CC1. The number of hydrogen-bond donors (Lipinski definition) is 1. The highest BCUT2D eigenvalue weighted by Crippen LogP contribution is 2.18. The molecule has 20 heavy (non-hydrogen) atoms. The number of carbonyl (C=O) groups is 1. The van der Waals surface area contributed by atoms with E-state index in [0.29, 0.717) is 0 Å². The Bertz CT molecular complexity index is 627. The summed E-state index contributed by atoms with van der Waals surface area (Å²) in [5, 5.41) is 10.9. The monoisotopic (exact) mass is 273 g/mol. The van der Waals surface area contributed by atoms with Crippen molar-refractivity contribution in [3.05, 3.63) is 36.2 Å². The standard InChI is InChI=1S/C15H19N3O2/c1-16-4-6-17(7-5-16)9-12-2-3-13-10-18(15(19)20)11-14(13)8-12/h2-3,8,10-11H,4-7,9H2,1H3,(H,19,20). The summed E-state index contributed by atoms with van der Waals surface area (Å²) in [6.45, 7) is 5.33. The lowest BCUT2D eigenvalue weighted by Crippen LogP contribution is -2.43. The first-order valence-electron chi connectivity index (χ1n) is 6.87. The van der Waals surface area contributed by atoms with Crippen molar-refractivity contribution in [2.75, 3.05) is 33.2 Å². The summed E-state index contributed by atoms with van der Waals surface area (Å²) < 4.78 is 1.21. The van der Waals surface area contributed by atoms with Crippen molar-refractivity contribution in [1.82, 2.24) is 14.4 Å². The molecule has 0 atom stereocenters. The van der Waals surface area contributed by atoms with Crippen LogP contribution in [-0.4, -0.2) is 58.8 Å². The highest BCUT2D eigenvalue weighted by Gasteiger charge is 2.14. The minimum atomic E-state index is -0.943. The number of benzene rings is 1. The molecule has 106 valence electrons. The molecular formula is C15H19N3O2. The van der Waals surface area contributed by atoms with Crippen LogP contribution in [0.4, 0.5) is 4.79 Å². The van der Waals surface area contributed by atoms with E-state index in [-0.39, 0.29) is 0 Å². The number of rotatable bonds is 2. The van der Waals surface area contributed by atoms with Gasteiger partial charge < -0.3 is 10.0 Å². The summed E-state index contributed by atoms with van der Waals surface area (Å²) in [6, 6.07) is 6.18. The molecule has 0 radical (unpaired) electrons. The predicted octanol–water partition coefficient (Wildman–Crippen LogP) is 1.91. The normalized spacial score (nSPS) is 17.6. The van der Waals surface area contributed by atoms with E-state index in [1.807, 2.05) is 6.07 Å². The largest absolute Gasteiger partial charge is 0.464 e. The van der Waals surface area contributed by atoms with Crippen molar-refractivity contribution in [2.45, 2.75) is 6.54 Å². The summed E-state index contributed by atoms with van der Waals surface area (Å²) in [4.78, 5) is 15.7. The van der Waals surface area contributed by atoms with Gasteiger partial charge in [-0.05, 0) is 24.1 Å². The molecular weight excluding hydrogens is 254 g/mol. The first-order valence-corrected chi connectivity index (χ1v) is 6.87. The van der Waals surface area contributed by atoms with Gasteiger partial charge in [0.2, 0.25) is 0 Å². The Morgan fingerprint density at radius 2 is 1.85 bits per heavy atom. The van der Waals surface area contributed by atoms with Crippen molar-refractivity contribution in [2.24, 2.45) is 0 Å². The van der Waals surface area contributed by atoms with Gasteiger partial charge >= 0.3 is 6.09 Å². The van der Waals surface area contributed by atoms with Crippen LogP contribution in [0.2, 0.25) is 0 Å². The fourth-order valence-corrected chi connectivity index (χ4v) is 2.66. The molecule has 0 saturated carbocycles. The van der Waals surface area contributed by atoms with Crippen LogP contribution in [0.3, 0.4) is 0 Å². The van der Waals surface area contributed by atoms with Crippen LogP contribution in [0.25, 0.3) is 10.8 Å². The van der Waals surface area contributed by atoms with Gasteiger partial charge in [-0.2, -0.15) is 0 Å². The molecule has 1 saturated heterocycles. The van der Waals surface area contributed by atoms with E-state index in [4.69, 9.17) is 5.11 Å². The van der Waals surface area contributed by atoms with E-state index >= 15 is 0 Å². The van der Waals surface area contributed by atoms with Crippen LogP contribution in [-0.2, 0) is 6.54 Å². The summed E-state index contributed by atoms with van der Waals surface area (Å²) in [5.41, 5.74) is 1.24. The van der Waals surface area contributed by atoms with Crippen molar-refractivity contribution >= 4 is 16.9 Å². The Kier molecular flexibility index (Phi) is 3.46. The lowest BCUT2D eigenvalue weighted by molar-refractivity contribution is 0.148. The maximum Gasteiger partial charge on any atom is 0.415 e. The van der Waals surface area contributed by atoms with Crippen molar-refractivity contribution < 1.29 is 9.90 Å². The Hall–Kier alpha value is -1.85. The molecule has 5 nitrogen and oxygen atoms in total. The molecule has 1 aromatic carbocycles. The lowest BCUT2D eigenvalue weighted by atomic mass is 10.1. The Morgan fingerprint density at radius 1 is 1.15 bits per heavy atom. The molecule has 1 N–H and O–H groups in total. The minimum Gasteiger partial charge on any atom is -0.464 e. The van der Waals surface area contributed by atoms with Gasteiger partial charge in [0.25, 0.3) is 0 Å². The first-order chi connectivity index (χ1) is 9.61. The van der Waals surface area contributed by atoms with Crippen LogP contribution in [0, 0.1) is 0 Å². The maximum absolute atomic E-state index is 11.0. The van der Waals surface area contributed by atoms with Gasteiger partial charge in [0.15, 0.2) is 0 Å². The zero-order valence-corrected chi connectivity index (χ0v) is 11.6. The third kappa shape index (κ3) is 2.69. The molecule has 1 aliphatic heterocycles. The summed E-state index contributed by atoms with van der Waals surface area (Å²) >= 11 is 0. The zero-order valence-electron chi connectivity index (χ0n) is 11.6. The van der Waals surface area contributed by atoms with Gasteiger partial charge in [-0.15, -0.1) is 0 Å². The first kappa shape index (κ1) is 13.1. The number of hydrogen-bond acceptors (Lipinski definition) is 3. The smallest absolute Gasteiger partial charge is 0.415 e. The van der Waals surface area contributed by atoms with E-state index in [1.165, 1.54) is 10.1 Å². The highest BCUT2D eigenvalue weighted by atomic mass is 16.4. The zero-order chi connectivity index (χ0) is 14.1. The average Bonchev–Trinajstić information content (AvgIpc) is 2.85. The molecule has 0 amide bonds. The van der Waals surface area contributed by atoms with Gasteiger partial charge in [0.1, 0.15) is 0 Å². The van der Waals surface area contributed by atoms with E-state index in [9.17, 15) is 4.79 Å². The predicted molar refractivity (Wildman–Crippen MR) is 78.1 cm³/mol. The molecule has 5 heteroatoms. The number of piperazine rings is 1. The van der Waals surface area contributed by atoms with E-state index < -0.39 is 6.09 Å². The second-order valence-corrected chi connectivity index (χ2v) is 5.49. The molecule has 1 fully saturated rings. The molecule has 0 bridgehead atoms. The van der Waals surface area contributed by atoms with Crippen LogP contribution >= 0.6 is 0 Å². The van der Waals surface area contributed by atoms with E-state index in [0.717, 1.165) is 43.5 Å². The van der Waals surface area contributed by atoms with Crippen LogP contribution in [0.5, 0.6) is 0 Å². The Labute approximate surface area is 118 Å². The fourth-order valence-electron chi connectivity index (χ4n) is 2.66. The van der Waals surface area contributed by atoms with Crippen LogP contribution in [0.1, 0.15) is 5.56 Å². The molecule has 0 spiro atoms. The Balaban J connectivity index is 1.77. The molecule has 1 aliphatic rings. The minimum absolute atomic E-state index is 0.933. The highest BCUT2D eigenvalue weighted by molar-refractivity contribution is 5.87. The molecule has 2 aromatic rings. The summed E-state index contributed by atoms with van der Waals surface area (Å²) in [7, 11) is 2.15. The Morgan fingerprint density at radius 3 is 2.55 bits per heavy atom.